The molecule has 3 rings (SSSR count). The molecule has 1 fully saturated rings. The Hall–Kier alpha value is -1.92. The Morgan fingerprint density at radius 1 is 1.21 bits per heavy atom. The van der Waals surface area contributed by atoms with Gasteiger partial charge in [-0.1, -0.05) is 24.3 Å². The summed E-state index contributed by atoms with van der Waals surface area (Å²) >= 11 is 0. The molecule has 2 atom stereocenters. The first-order valence-electron chi connectivity index (χ1n) is 8.44. The van der Waals surface area contributed by atoms with E-state index in [1.807, 2.05) is 24.3 Å². The smallest absolute Gasteiger partial charge is 0.308 e. The van der Waals surface area contributed by atoms with Gasteiger partial charge in [-0.25, -0.2) is 0 Å². The predicted molar refractivity (Wildman–Crippen MR) is 86.5 cm³/mol. The number of fused-ring (bicyclic) bond motifs is 1. The molecule has 1 aromatic rings. The molecule has 1 saturated heterocycles. The summed E-state index contributed by atoms with van der Waals surface area (Å²) in [6.07, 6.45) is 1.57. The molecular weight excluding hydrogens is 310 g/mol. The van der Waals surface area contributed by atoms with Gasteiger partial charge in [0, 0.05) is 19.8 Å². The molecule has 6 nitrogen and oxygen atoms in total. The highest BCUT2D eigenvalue weighted by Gasteiger charge is 2.32. The van der Waals surface area contributed by atoms with Gasteiger partial charge in [-0.05, 0) is 36.3 Å². The van der Waals surface area contributed by atoms with E-state index in [0.29, 0.717) is 19.8 Å². The topological polar surface area (TPSA) is 84.9 Å². The van der Waals surface area contributed by atoms with E-state index in [-0.39, 0.29) is 18.4 Å². The molecule has 2 N–H and O–H groups in total. The Balaban J connectivity index is 1.63. The minimum Gasteiger partial charge on any atom is -0.481 e. The summed E-state index contributed by atoms with van der Waals surface area (Å²) in [5, 5.41) is 12.3. The first-order chi connectivity index (χ1) is 11.7. The summed E-state index contributed by atoms with van der Waals surface area (Å²) in [5.74, 6) is -1.68. The number of amides is 1. The number of hydrogen-bond acceptors (Lipinski definition) is 4. The number of ether oxygens (including phenoxy) is 2. The van der Waals surface area contributed by atoms with Crippen molar-refractivity contribution in [1.29, 1.82) is 0 Å². The largest absolute Gasteiger partial charge is 0.481 e. The number of carboxylic acid groups (broad SMARTS) is 1. The van der Waals surface area contributed by atoms with E-state index in [1.54, 1.807) is 0 Å². The van der Waals surface area contributed by atoms with Gasteiger partial charge in [0.2, 0.25) is 0 Å². The van der Waals surface area contributed by atoms with Crippen LogP contribution in [0.2, 0.25) is 0 Å². The van der Waals surface area contributed by atoms with Gasteiger partial charge in [-0.15, -0.1) is 0 Å². The van der Waals surface area contributed by atoms with Crippen molar-refractivity contribution in [3.8, 4) is 0 Å². The highest BCUT2D eigenvalue weighted by molar-refractivity contribution is 5.83. The van der Waals surface area contributed by atoms with Gasteiger partial charge in [0.15, 0.2) is 6.10 Å². The number of rotatable bonds is 5. The maximum atomic E-state index is 12.5. The van der Waals surface area contributed by atoms with E-state index in [9.17, 15) is 14.7 Å². The minimum absolute atomic E-state index is 0.0381. The summed E-state index contributed by atoms with van der Waals surface area (Å²) in [6.45, 7) is 1.79. The van der Waals surface area contributed by atoms with Crippen molar-refractivity contribution in [2.45, 2.75) is 25.4 Å². The number of carbonyl (C=O) groups excluding carboxylic acids is 1. The average molecular weight is 333 g/mol. The van der Waals surface area contributed by atoms with Crippen molar-refractivity contribution in [2.24, 2.45) is 11.8 Å². The Bertz CT molecular complexity index is 597. The van der Waals surface area contributed by atoms with E-state index >= 15 is 0 Å². The van der Waals surface area contributed by atoms with Gasteiger partial charge in [0.25, 0.3) is 5.91 Å². The lowest BCUT2D eigenvalue weighted by molar-refractivity contribution is -0.145. The monoisotopic (exact) mass is 333 g/mol. The number of nitrogens with one attached hydrogen (secondary N) is 1. The lowest BCUT2D eigenvalue weighted by atomic mass is 9.86. The molecule has 0 aromatic heterocycles. The van der Waals surface area contributed by atoms with Crippen LogP contribution in [0, 0.1) is 11.8 Å². The fourth-order valence-electron chi connectivity index (χ4n) is 3.49. The van der Waals surface area contributed by atoms with Gasteiger partial charge in [-0.3, -0.25) is 9.59 Å². The minimum atomic E-state index is -0.868. The van der Waals surface area contributed by atoms with E-state index in [4.69, 9.17) is 9.47 Å². The van der Waals surface area contributed by atoms with Gasteiger partial charge in [0.05, 0.1) is 12.5 Å². The van der Waals surface area contributed by atoms with Crippen LogP contribution in [0.1, 0.15) is 30.1 Å². The van der Waals surface area contributed by atoms with Gasteiger partial charge in [0.1, 0.15) is 0 Å². The lowest BCUT2D eigenvalue weighted by Gasteiger charge is -2.29. The molecule has 1 aromatic carbocycles. The van der Waals surface area contributed by atoms with Crippen LogP contribution in [0.15, 0.2) is 24.3 Å². The molecule has 6 heteroatoms. The van der Waals surface area contributed by atoms with Crippen molar-refractivity contribution in [2.75, 3.05) is 26.4 Å². The number of hydrogen-bond donors (Lipinski definition) is 2. The van der Waals surface area contributed by atoms with Crippen molar-refractivity contribution >= 4 is 11.9 Å². The second-order valence-corrected chi connectivity index (χ2v) is 6.34. The van der Waals surface area contributed by atoms with Gasteiger partial charge < -0.3 is 19.9 Å². The van der Waals surface area contributed by atoms with Crippen LogP contribution < -0.4 is 5.32 Å². The average Bonchev–Trinajstić information content (AvgIpc) is 2.62. The maximum absolute atomic E-state index is 12.5. The normalized spacial score (nSPS) is 22.4. The second kappa shape index (κ2) is 7.77. The van der Waals surface area contributed by atoms with Crippen molar-refractivity contribution < 1.29 is 24.2 Å². The predicted octanol–water partition coefficient (Wildman–Crippen LogP) is 1.54. The summed E-state index contributed by atoms with van der Waals surface area (Å²) in [4.78, 5) is 24.1. The molecule has 0 spiro atoms. The molecule has 2 heterocycles. The summed E-state index contributed by atoms with van der Waals surface area (Å²) in [6, 6.07) is 7.73. The summed E-state index contributed by atoms with van der Waals surface area (Å²) in [5.41, 5.74) is 1.99. The summed E-state index contributed by atoms with van der Waals surface area (Å²) in [7, 11) is 0. The zero-order valence-corrected chi connectivity index (χ0v) is 13.6. The molecule has 1 amide bonds. The Morgan fingerprint density at radius 2 is 1.96 bits per heavy atom. The van der Waals surface area contributed by atoms with Crippen LogP contribution in [-0.2, 0) is 25.5 Å². The Morgan fingerprint density at radius 3 is 2.71 bits per heavy atom. The van der Waals surface area contributed by atoms with Crippen LogP contribution in [0.3, 0.4) is 0 Å². The number of carboxylic acids is 1. The van der Waals surface area contributed by atoms with E-state index in [0.717, 1.165) is 30.4 Å². The number of carbonyl (C=O) groups is 2. The third-order valence-corrected chi connectivity index (χ3v) is 4.88. The molecule has 0 bridgehead atoms. The number of benzene rings is 1. The lowest BCUT2D eigenvalue weighted by Crippen LogP contribution is -2.41. The molecule has 24 heavy (non-hydrogen) atoms. The third kappa shape index (κ3) is 3.76. The molecule has 0 aliphatic carbocycles. The van der Waals surface area contributed by atoms with Crippen molar-refractivity contribution in [1.82, 2.24) is 5.32 Å². The van der Waals surface area contributed by atoms with Gasteiger partial charge in [-0.2, -0.15) is 0 Å². The molecular formula is C18H23NO5. The fourth-order valence-corrected chi connectivity index (χ4v) is 3.49. The number of aliphatic carboxylic acids is 1. The maximum Gasteiger partial charge on any atom is 0.308 e. The third-order valence-electron chi connectivity index (χ3n) is 4.88. The SMILES string of the molecule is O=C(NCC(C(=O)O)C1CCOCC1)C1OCCc2ccccc21. The Kier molecular flexibility index (Phi) is 5.48. The second-order valence-electron chi connectivity index (χ2n) is 6.34. The molecule has 130 valence electrons. The van der Waals surface area contributed by atoms with Crippen LogP contribution >= 0.6 is 0 Å². The molecule has 0 radical (unpaired) electrons. The van der Waals surface area contributed by atoms with E-state index < -0.39 is 18.0 Å². The first kappa shape index (κ1) is 16.9. The van der Waals surface area contributed by atoms with E-state index in [2.05, 4.69) is 5.32 Å². The van der Waals surface area contributed by atoms with Crippen molar-refractivity contribution in [3.05, 3.63) is 35.4 Å². The first-order valence-corrected chi connectivity index (χ1v) is 8.44. The summed E-state index contributed by atoms with van der Waals surface area (Å²) < 4.78 is 10.9. The molecule has 2 aliphatic rings. The van der Waals surface area contributed by atoms with Crippen LogP contribution in [-0.4, -0.2) is 43.3 Å². The fraction of sp³-hybridized carbons (Fsp3) is 0.556. The van der Waals surface area contributed by atoms with Crippen molar-refractivity contribution in [3.63, 3.8) is 0 Å². The quantitative estimate of drug-likeness (QED) is 0.854. The molecule has 2 aliphatic heterocycles. The Labute approximate surface area is 141 Å². The van der Waals surface area contributed by atoms with Crippen LogP contribution in [0.25, 0.3) is 0 Å². The highest BCUT2D eigenvalue weighted by Crippen LogP contribution is 2.28. The molecule has 0 saturated carbocycles. The zero-order chi connectivity index (χ0) is 16.9. The van der Waals surface area contributed by atoms with Gasteiger partial charge >= 0.3 is 5.97 Å². The van der Waals surface area contributed by atoms with Crippen LogP contribution in [0.4, 0.5) is 0 Å². The highest BCUT2D eigenvalue weighted by atomic mass is 16.5. The van der Waals surface area contributed by atoms with E-state index in [1.165, 1.54) is 0 Å². The zero-order valence-electron chi connectivity index (χ0n) is 13.6. The van der Waals surface area contributed by atoms with Crippen LogP contribution in [0.5, 0.6) is 0 Å². The standard InChI is InChI=1S/C18H23NO5/c20-17(16-14-4-2-1-3-12(14)7-10-24-16)19-11-15(18(21)22)13-5-8-23-9-6-13/h1-4,13,15-16H,5-11H2,(H,19,20)(H,21,22). The molecule has 2 unspecified atom stereocenters.